The zero-order valence-corrected chi connectivity index (χ0v) is 12.4. The zero-order valence-electron chi connectivity index (χ0n) is 10.8. The second kappa shape index (κ2) is 5.98. The van der Waals surface area contributed by atoms with E-state index < -0.39 is 6.03 Å². The van der Waals surface area contributed by atoms with E-state index in [4.69, 9.17) is 11.6 Å². The lowest BCUT2D eigenvalue weighted by Gasteiger charge is -2.08. The Morgan fingerprint density at radius 2 is 2.10 bits per heavy atom. The first-order chi connectivity index (χ1) is 9.49. The maximum absolute atomic E-state index is 11.7. The number of aryl methyl sites for hydroxylation is 1. The van der Waals surface area contributed by atoms with Crippen molar-refractivity contribution >= 4 is 45.5 Å². The van der Waals surface area contributed by atoms with Crippen molar-refractivity contribution in [1.82, 2.24) is 9.69 Å². The van der Waals surface area contributed by atoms with Gasteiger partial charge in [0.05, 0.1) is 0 Å². The van der Waals surface area contributed by atoms with Gasteiger partial charge < -0.3 is 16.0 Å². The molecule has 0 saturated carbocycles. The summed E-state index contributed by atoms with van der Waals surface area (Å²) < 4.78 is 2.56. The van der Waals surface area contributed by atoms with E-state index in [-0.39, 0.29) is 11.2 Å². The van der Waals surface area contributed by atoms with Crippen molar-refractivity contribution in [3.05, 3.63) is 39.1 Å². The Morgan fingerprint density at radius 1 is 1.35 bits per heavy atom. The maximum Gasteiger partial charge on any atom is 0.319 e. The molecule has 0 saturated heterocycles. The summed E-state index contributed by atoms with van der Waals surface area (Å²) in [5.41, 5.74) is 1.54. The van der Waals surface area contributed by atoms with Crippen LogP contribution in [-0.2, 0) is 0 Å². The number of H-pyrrole nitrogens is 1. The number of hydrogen-bond acceptors (Lipinski definition) is 4. The molecule has 20 heavy (non-hydrogen) atoms. The van der Waals surface area contributed by atoms with Gasteiger partial charge in [-0.3, -0.25) is 9.17 Å². The van der Waals surface area contributed by atoms with Gasteiger partial charge in [0.2, 0.25) is 0 Å². The Morgan fingerprint density at radius 3 is 2.75 bits per heavy atom. The van der Waals surface area contributed by atoms with E-state index in [1.165, 1.54) is 7.05 Å². The van der Waals surface area contributed by atoms with Gasteiger partial charge in [-0.15, -0.1) is 0 Å². The smallest absolute Gasteiger partial charge is 0.319 e. The first kappa shape index (κ1) is 14.4. The van der Waals surface area contributed by atoms with Crippen LogP contribution in [0.2, 0.25) is 5.02 Å². The summed E-state index contributed by atoms with van der Waals surface area (Å²) >= 11 is 7.08. The number of amides is 2. The Bertz CT molecular complexity index is 675. The third-order valence-corrected chi connectivity index (χ3v) is 3.48. The predicted molar refractivity (Wildman–Crippen MR) is 82.5 cm³/mol. The first-order valence-corrected chi connectivity index (χ1v) is 6.93. The molecule has 0 fully saturated rings. The number of aromatic amines is 1. The van der Waals surface area contributed by atoms with Gasteiger partial charge in [0.1, 0.15) is 10.7 Å². The van der Waals surface area contributed by atoms with E-state index >= 15 is 0 Å². The lowest BCUT2D eigenvalue weighted by molar-refractivity contribution is 0.254. The number of nitrogens with one attached hydrogen (secondary N) is 4. The van der Waals surface area contributed by atoms with E-state index in [0.717, 1.165) is 22.8 Å². The van der Waals surface area contributed by atoms with E-state index in [2.05, 4.69) is 20.3 Å². The van der Waals surface area contributed by atoms with Gasteiger partial charge in [0.25, 0.3) is 5.56 Å². The van der Waals surface area contributed by atoms with Crippen molar-refractivity contribution in [2.75, 3.05) is 17.7 Å². The lowest BCUT2D eigenvalue weighted by atomic mass is 10.2. The van der Waals surface area contributed by atoms with Crippen LogP contribution in [0.1, 0.15) is 5.56 Å². The van der Waals surface area contributed by atoms with Crippen molar-refractivity contribution < 1.29 is 4.79 Å². The molecule has 0 atom stereocenters. The van der Waals surface area contributed by atoms with E-state index in [1.54, 1.807) is 6.07 Å². The molecule has 1 aromatic carbocycles. The molecule has 1 heterocycles. The summed E-state index contributed by atoms with van der Waals surface area (Å²) in [5, 5.41) is 9.04. The summed E-state index contributed by atoms with van der Waals surface area (Å²) in [6.45, 7) is 1.92. The second-order valence-corrected chi connectivity index (χ2v) is 5.34. The summed E-state index contributed by atoms with van der Waals surface area (Å²) in [6.07, 6.45) is 0. The zero-order chi connectivity index (χ0) is 14.7. The Balaban J connectivity index is 2.29. The number of carbonyl (C=O) groups excluding carboxylic acids is 1. The molecule has 0 unspecified atom stereocenters. The van der Waals surface area contributed by atoms with Crippen LogP contribution < -0.4 is 21.5 Å². The van der Waals surface area contributed by atoms with Gasteiger partial charge >= 0.3 is 6.03 Å². The Kier molecular flexibility index (Phi) is 4.31. The number of carbonyl (C=O) groups is 1. The number of benzene rings is 1. The van der Waals surface area contributed by atoms with Crippen molar-refractivity contribution in [3.63, 3.8) is 0 Å². The minimum atomic E-state index is -0.459. The lowest BCUT2D eigenvalue weighted by Crippen LogP contribution is -2.27. The third-order valence-electron chi connectivity index (χ3n) is 2.47. The molecular formula is C12H13ClN4O2S. The number of halogens is 1. The summed E-state index contributed by atoms with van der Waals surface area (Å²) in [4.78, 5) is 23.0. The third kappa shape index (κ3) is 3.31. The van der Waals surface area contributed by atoms with Gasteiger partial charge in [-0.25, -0.2) is 4.79 Å². The fourth-order valence-corrected chi connectivity index (χ4v) is 2.62. The van der Waals surface area contributed by atoms with Crippen LogP contribution in [0.25, 0.3) is 0 Å². The minimum Gasteiger partial charge on any atom is -0.344 e. The van der Waals surface area contributed by atoms with Gasteiger partial charge in [-0.05, 0) is 42.2 Å². The SMILES string of the molecule is CNC(=O)Nc1c(Nc2cc(C)cc(Cl)c2)s[nH]c1=O. The van der Waals surface area contributed by atoms with Crippen LogP contribution in [-0.4, -0.2) is 17.5 Å². The van der Waals surface area contributed by atoms with Gasteiger partial charge in [0.15, 0.2) is 0 Å². The molecule has 0 aliphatic rings. The number of hydrogen-bond donors (Lipinski definition) is 4. The highest BCUT2D eigenvalue weighted by atomic mass is 35.5. The molecule has 0 radical (unpaired) electrons. The molecule has 6 nitrogen and oxygen atoms in total. The molecule has 0 spiro atoms. The molecule has 2 aromatic rings. The monoisotopic (exact) mass is 312 g/mol. The number of rotatable bonds is 3. The molecule has 4 N–H and O–H groups in total. The number of anilines is 3. The number of urea groups is 1. The van der Waals surface area contributed by atoms with E-state index in [1.807, 2.05) is 19.1 Å². The van der Waals surface area contributed by atoms with Crippen molar-refractivity contribution in [2.45, 2.75) is 6.92 Å². The molecule has 0 aliphatic heterocycles. The van der Waals surface area contributed by atoms with Crippen molar-refractivity contribution in [1.29, 1.82) is 0 Å². The molecule has 2 rings (SSSR count). The molecule has 0 aliphatic carbocycles. The highest BCUT2D eigenvalue weighted by Gasteiger charge is 2.13. The van der Waals surface area contributed by atoms with Crippen molar-refractivity contribution in [2.24, 2.45) is 0 Å². The highest BCUT2D eigenvalue weighted by molar-refractivity contribution is 7.11. The average Bonchev–Trinajstić information content (AvgIpc) is 2.70. The fraction of sp³-hybridized carbons (Fsp3) is 0.167. The predicted octanol–water partition coefficient (Wildman–Crippen LogP) is 2.89. The van der Waals surface area contributed by atoms with Gasteiger partial charge in [0, 0.05) is 17.8 Å². The van der Waals surface area contributed by atoms with Crippen LogP contribution >= 0.6 is 23.1 Å². The molecular weight excluding hydrogens is 300 g/mol. The first-order valence-electron chi connectivity index (χ1n) is 5.74. The van der Waals surface area contributed by atoms with Crippen LogP contribution in [0, 0.1) is 6.92 Å². The summed E-state index contributed by atoms with van der Waals surface area (Å²) in [5.74, 6) is 0. The van der Waals surface area contributed by atoms with Crippen LogP contribution in [0.15, 0.2) is 23.0 Å². The number of aromatic nitrogens is 1. The fourth-order valence-electron chi connectivity index (χ4n) is 1.62. The Hall–Kier alpha value is -1.99. The quantitative estimate of drug-likeness (QED) is 0.703. The second-order valence-electron chi connectivity index (χ2n) is 4.08. The summed E-state index contributed by atoms with van der Waals surface area (Å²) in [6, 6.07) is 5.00. The van der Waals surface area contributed by atoms with Gasteiger partial charge in [-0.2, -0.15) is 0 Å². The normalized spacial score (nSPS) is 10.2. The molecule has 2 amide bonds. The van der Waals surface area contributed by atoms with E-state index in [0.29, 0.717) is 10.0 Å². The van der Waals surface area contributed by atoms with E-state index in [9.17, 15) is 9.59 Å². The molecule has 106 valence electrons. The summed E-state index contributed by atoms with van der Waals surface area (Å²) in [7, 11) is 1.48. The van der Waals surface area contributed by atoms with Crippen LogP contribution in [0.4, 0.5) is 21.2 Å². The Labute approximate surface area is 124 Å². The molecule has 8 heteroatoms. The topological polar surface area (TPSA) is 86.0 Å². The molecule has 1 aromatic heterocycles. The minimum absolute atomic E-state index is 0.173. The van der Waals surface area contributed by atoms with Crippen LogP contribution in [0.3, 0.4) is 0 Å². The standard InChI is InChI=1S/C12H13ClN4O2S/c1-6-3-7(13)5-8(4-6)15-11-9(10(18)17-20-11)16-12(19)14-2/h3-5,15H,1-2H3,(H,17,18)(H2,14,16,19). The average molecular weight is 313 g/mol. The maximum atomic E-state index is 11.7. The highest BCUT2D eigenvalue weighted by Crippen LogP contribution is 2.28. The van der Waals surface area contributed by atoms with Crippen molar-refractivity contribution in [3.8, 4) is 0 Å². The van der Waals surface area contributed by atoms with Gasteiger partial charge in [-0.1, -0.05) is 11.6 Å². The molecule has 0 bridgehead atoms. The largest absolute Gasteiger partial charge is 0.344 e. The van der Waals surface area contributed by atoms with Crippen LogP contribution in [0.5, 0.6) is 0 Å².